The van der Waals surface area contributed by atoms with Crippen molar-refractivity contribution in [1.82, 2.24) is 15.5 Å². The molecule has 2 unspecified atom stereocenters. The molecule has 2 atom stereocenters. The minimum absolute atomic E-state index is 0.0101. The van der Waals surface area contributed by atoms with Gasteiger partial charge in [0.1, 0.15) is 6.10 Å². The van der Waals surface area contributed by atoms with Gasteiger partial charge in [0, 0.05) is 25.2 Å². The normalized spacial score (nSPS) is 26.6. The van der Waals surface area contributed by atoms with Crippen LogP contribution in [0.3, 0.4) is 0 Å². The molecule has 5 nitrogen and oxygen atoms in total. The lowest BCUT2D eigenvalue weighted by atomic mass is 9.85. The zero-order valence-corrected chi connectivity index (χ0v) is 12.8. The zero-order valence-electron chi connectivity index (χ0n) is 12.0. The van der Waals surface area contributed by atoms with E-state index in [1.54, 1.807) is 7.11 Å². The molecule has 2 heterocycles. The highest BCUT2D eigenvalue weighted by Gasteiger charge is 2.30. The third kappa shape index (κ3) is 3.18. The molecule has 1 N–H and O–H groups in total. The van der Waals surface area contributed by atoms with Crippen molar-refractivity contribution < 1.29 is 9.26 Å². The number of ether oxygens (including phenoxy) is 1. The van der Waals surface area contributed by atoms with Crippen LogP contribution in [0.5, 0.6) is 0 Å². The van der Waals surface area contributed by atoms with Crippen LogP contribution >= 0.6 is 11.8 Å². The van der Waals surface area contributed by atoms with Gasteiger partial charge in [-0.25, -0.2) is 0 Å². The number of methoxy groups -OCH3 is 1. The molecular weight excluding hydrogens is 274 g/mol. The first-order valence-corrected chi connectivity index (χ1v) is 8.71. The molecule has 0 amide bonds. The third-order valence-corrected chi connectivity index (χ3v) is 5.33. The van der Waals surface area contributed by atoms with E-state index in [0.717, 1.165) is 23.9 Å². The largest absolute Gasteiger partial charge is 0.373 e. The van der Waals surface area contributed by atoms with E-state index in [0.29, 0.717) is 11.8 Å². The number of aromatic nitrogens is 2. The molecule has 6 heteroatoms. The SMILES string of the molecule is COC(c1noc(C2CSCCN2)n1)C1CCCCC1. The first-order valence-electron chi connectivity index (χ1n) is 7.56. The second-order valence-corrected chi connectivity index (χ2v) is 6.78. The number of hydrogen-bond acceptors (Lipinski definition) is 6. The molecule has 0 spiro atoms. The first-order chi connectivity index (χ1) is 9.88. The van der Waals surface area contributed by atoms with Crippen molar-refractivity contribution in [2.75, 3.05) is 25.2 Å². The third-order valence-electron chi connectivity index (χ3n) is 4.26. The Morgan fingerprint density at radius 3 is 2.90 bits per heavy atom. The lowest BCUT2D eigenvalue weighted by Crippen LogP contribution is -2.30. The molecule has 3 rings (SSSR count). The Balaban J connectivity index is 1.70. The van der Waals surface area contributed by atoms with Gasteiger partial charge in [0.25, 0.3) is 0 Å². The minimum atomic E-state index is -0.0101. The first kappa shape index (κ1) is 14.4. The Hall–Kier alpha value is -0.590. The van der Waals surface area contributed by atoms with E-state index in [2.05, 4.69) is 15.5 Å². The quantitative estimate of drug-likeness (QED) is 0.922. The summed E-state index contributed by atoms with van der Waals surface area (Å²) in [5, 5.41) is 7.60. The van der Waals surface area contributed by atoms with E-state index in [1.807, 2.05) is 11.8 Å². The molecule has 1 saturated heterocycles. The van der Waals surface area contributed by atoms with Crippen LogP contribution in [-0.4, -0.2) is 35.3 Å². The van der Waals surface area contributed by atoms with Gasteiger partial charge >= 0.3 is 0 Å². The lowest BCUT2D eigenvalue weighted by molar-refractivity contribution is 0.0273. The van der Waals surface area contributed by atoms with Gasteiger partial charge in [-0.2, -0.15) is 16.7 Å². The van der Waals surface area contributed by atoms with Crippen molar-refractivity contribution in [3.8, 4) is 0 Å². The highest BCUT2D eigenvalue weighted by Crippen LogP contribution is 2.35. The number of nitrogens with zero attached hydrogens (tertiary/aromatic N) is 2. The monoisotopic (exact) mass is 297 g/mol. The summed E-state index contributed by atoms with van der Waals surface area (Å²) in [7, 11) is 1.75. The van der Waals surface area contributed by atoms with Crippen LogP contribution < -0.4 is 5.32 Å². The van der Waals surface area contributed by atoms with Gasteiger partial charge in [0.15, 0.2) is 0 Å². The standard InChI is InChI=1S/C14H23N3O2S/c1-18-12(10-5-3-2-4-6-10)13-16-14(19-17-13)11-9-20-8-7-15-11/h10-12,15H,2-9H2,1H3. The molecule has 2 aliphatic rings. The number of nitrogens with one attached hydrogen (secondary N) is 1. The number of hydrogen-bond donors (Lipinski definition) is 1. The van der Waals surface area contributed by atoms with Crippen LogP contribution in [0.15, 0.2) is 4.52 Å². The minimum Gasteiger partial charge on any atom is -0.373 e. The van der Waals surface area contributed by atoms with Gasteiger partial charge < -0.3 is 14.6 Å². The molecule has 0 bridgehead atoms. The fraction of sp³-hybridized carbons (Fsp3) is 0.857. The number of rotatable bonds is 4. The predicted molar refractivity (Wildman–Crippen MR) is 78.7 cm³/mol. The summed E-state index contributed by atoms with van der Waals surface area (Å²) in [5.41, 5.74) is 0. The van der Waals surface area contributed by atoms with Crippen molar-refractivity contribution >= 4 is 11.8 Å². The Bertz CT molecular complexity index is 414. The maximum Gasteiger partial charge on any atom is 0.244 e. The van der Waals surface area contributed by atoms with Gasteiger partial charge in [-0.3, -0.25) is 0 Å². The van der Waals surface area contributed by atoms with E-state index in [9.17, 15) is 0 Å². The lowest BCUT2D eigenvalue weighted by Gasteiger charge is -2.27. The van der Waals surface area contributed by atoms with E-state index >= 15 is 0 Å². The second kappa shape index (κ2) is 6.91. The van der Waals surface area contributed by atoms with Crippen molar-refractivity contribution in [2.45, 2.75) is 44.2 Å². The molecule has 0 aromatic carbocycles. The molecule has 1 aliphatic carbocycles. The Morgan fingerprint density at radius 2 is 2.20 bits per heavy atom. The zero-order chi connectivity index (χ0) is 13.8. The highest BCUT2D eigenvalue weighted by molar-refractivity contribution is 7.99. The molecule has 20 heavy (non-hydrogen) atoms. The Kier molecular flexibility index (Phi) is 4.96. The van der Waals surface area contributed by atoms with Gasteiger partial charge in [0.2, 0.25) is 11.7 Å². The van der Waals surface area contributed by atoms with Crippen LogP contribution in [0.4, 0.5) is 0 Å². The smallest absolute Gasteiger partial charge is 0.244 e. The fourth-order valence-electron chi connectivity index (χ4n) is 3.17. The maximum atomic E-state index is 5.67. The number of thioether (sulfide) groups is 1. The average molecular weight is 297 g/mol. The second-order valence-electron chi connectivity index (χ2n) is 5.63. The van der Waals surface area contributed by atoms with E-state index < -0.39 is 0 Å². The molecular formula is C14H23N3O2S. The van der Waals surface area contributed by atoms with Crippen molar-refractivity contribution in [1.29, 1.82) is 0 Å². The Morgan fingerprint density at radius 1 is 1.35 bits per heavy atom. The van der Waals surface area contributed by atoms with Gasteiger partial charge in [-0.05, 0) is 18.8 Å². The van der Waals surface area contributed by atoms with Crippen LogP contribution in [0, 0.1) is 5.92 Å². The van der Waals surface area contributed by atoms with E-state index in [4.69, 9.17) is 9.26 Å². The predicted octanol–water partition coefficient (Wildman–Crippen LogP) is 2.71. The molecule has 1 aromatic rings. The van der Waals surface area contributed by atoms with Gasteiger partial charge in [-0.15, -0.1) is 0 Å². The maximum absolute atomic E-state index is 5.67. The van der Waals surface area contributed by atoms with Gasteiger partial charge in [0.05, 0.1) is 6.04 Å². The summed E-state index contributed by atoms with van der Waals surface area (Å²) >= 11 is 1.93. The van der Waals surface area contributed by atoms with E-state index in [1.165, 1.54) is 32.1 Å². The van der Waals surface area contributed by atoms with Crippen LogP contribution in [0.1, 0.15) is 56.0 Å². The van der Waals surface area contributed by atoms with Crippen LogP contribution in [0.2, 0.25) is 0 Å². The molecule has 1 saturated carbocycles. The van der Waals surface area contributed by atoms with Crippen molar-refractivity contribution in [3.63, 3.8) is 0 Å². The highest BCUT2D eigenvalue weighted by atomic mass is 32.2. The summed E-state index contributed by atoms with van der Waals surface area (Å²) in [6.45, 7) is 1.00. The molecule has 1 aromatic heterocycles. The fourth-order valence-corrected chi connectivity index (χ4v) is 4.10. The molecule has 1 aliphatic heterocycles. The van der Waals surface area contributed by atoms with Crippen LogP contribution in [-0.2, 0) is 4.74 Å². The van der Waals surface area contributed by atoms with Gasteiger partial charge in [-0.1, -0.05) is 24.4 Å². The van der Waals surface area contributed by atoms with Crippen molar-refractivity contribution in [3.05, 3.63) is 11.7 Å². The molecule has 0 radical (unpaired) electrons. The average Bonchev–Trinajstić information content (AvgIpc) is 3.00. The molecule has 112 valence electrons. The summed E-state index contributed by atoms with van der Waals surface area (Å²) in [5.74, 6) is 4.13. The summed E-state index contributed by atoms with van der Waals surface area (Å²) in [6.07, 6.45) is 6.32. The van der Waals surface area contributed by atoms with E-state index in [-0.39, 0.29) is 12.1 Å². The Labute approximate surface area is 124 Å². The summed E-state index contributed by atoms with van der Waals surface area (Å²) in [4.78, 5) is 4.60. The topological polar surface area (TPSA) is 60.2 Å². The van der Waals surface area contributed by atoms with Crippen molar-refractivity contribution in [2.24, 2.45) is 5.92 Å². The molecule has 2 fully saturated rings. The summed E-state index contributed by atoms with van der Waals surface area (Å²) < 4.78 is 11.1. The van der Waals surface area contributed by atoms with Crippen LogP contribution in [0.25, 0.3) is 0 Å². The summed E-state index contributed by atoms with van der Waals surface area (Å²) in [6, 6.07) is 0.193.